The zero-order chi connectivity index (χ0) is 11.7. The first-order valence-electron chi connectivity index (χ1n) is 5.69. The topological polar surface area (TPSA) is 42.7 Å². The quantitative estimate of drug-likeness (QED) is 0.846. The van der Waals surface area contributed by atoms with Crippen molar-refractivity contribution >= 4 is 17.3 Å². The van der Waals surface area contributed by atoms with E-state index in [9.17, 15) is 0 Å². The summed E-state index contributed by atoms with van der Waals surface area (Å²) in [5.41, 5.74) is 2.18. The number of anilines is 1. The molecule has 2 heterocycles. The lowest BCUT2D eigenvalue weighted by Gasteiger charge is -2.08. The van der Waals surface area contributed by atoms with E-state index in [4.69, 9.17) is 11.6 Å². The first-order valence-corrected chi connectivity index (χ1v) is 6.07. The fraction of sp³-hybridized carbons (Fsp3) is 0.333. The van der Waals surface area contributed by atoms with Gasteiger partial charge in [0.2, 0.25) is 0 Å². The Morgan fingerprint density at radius 3 is 2.94 bits per heavy atom. The average molecular weight is 249 g/mol. The lowest BCUT2D eigenvalue weighted by molar-refractivity contribution is 0.701. The van der Waals surface area contributed by atoms with Gasteiger partial charge in [0.1, 0.15) is 5.15 Å². The summed E-state index contributed by atoms with van der Waals surface area (Å²) >= 11 is 5.73. The van der Waals surface area contributed by atoms with Crippen LogP contribution >= 0.6 is 11.6 Å². The molecule has 0 amide bonds. The van der Waals surface area contributed by atoms with Crippen LogP contribution in [0, 0.1) is 0 Å². The first-order chi connectivity index (χ1) is 8.33. The molecule has 2 aromatic heterocycles. The molecular weight excluding hydrogens is 236 g/mol. The molecule has 0 bridgehead atoms. The minimum absolute atomic E-state index is 0.513. The summed E-state index contributed by atoms with van der Waals surface area (Å²) in [4.78, 5) is 8.23. The van der Waals surface area contributed by atoms with Crippen LogP contribution in [-0.2, 0) is 6.54 Å². The molecule has 4 nitrogen and oxygen atoms in total. The highest BCUT2D eigenvalue weighted by Crippen LogP contribution is 2.35. The Morgan fingerprint density at radius 1 is 1.35 bits per heavy atom. The monoisotopic (exact) mass is 248 g/mol. The van der Waals surface area contributed by atoms with E-state index in [0.29, 0.717) is 11.2 Å². The second-order valence-corrected chi connectivity index (χ2v) is 4.63. The summed E-state index contributed by atoms with van der Waals surface area (Å²) in [6, 6.07) is 4.37. The van der Waals surface area contributed by atoms with Crippen LogP contribution in [-0.4, -0.2) is 14.5 Å². The molecule has 0 spiro atoms. The molecule has 0 unspecified atom stereocenters. The van der Waals surface area contributed by atoms with Crippen molar-refractivity contribution in [2.24, 2.45) is 0 Å². The molecule has 0 aliphatic heterocycles. The van der Waals surface area contributed by atoms with E-state index in [1.165, 1.54) is 18.5 Å². The van der Waals surface area contributed by atoms with Crippen LogP contribution in [0.1, 0.15) is 24.6 Å². The predicted molar refractivity (Wildman–Crippen MR) is 67.1 cm³/mol. The van der Waals surface area contributed by atoms with Crippen molar-refractivity contribution in [3.63, 3.8) is 0 Å². The molecule has 17 heavy (non-hydrogen) atoms. The molecule has 0 radical (unpaired) electrons. The number of pyridine rings is 1. The normalized spacial score (nSPS) is 14.9. The van der Waals surface area contributed by atoms with Gasteiger partial charge in [-0.15, -0.1) is 0 Å². The molecule has 88 valence electrons. The summed E-state index contributed by atoms with van der Waals surface area (Å²) < 4.78 is 2.25. The Hall–Kier alpha value is -1.55. The Kier molecular flexibility index (Phi) is 2.73. The highest BCUT2D eigenvalue weighted by Gasteiger charge is 2.24. The van der Waals surface area contributed by atoms with Gasteiger partial charge in [-0.3, -0.25) is 0 Å². The minimum atomic E-state index is 0.513. The van der Waals surface area contributed by atoms with Gasteiger partial charge in [-0.25, -0.2) is 9.97 Å². The van der Waals surface area contributed by atoms with Crippen molar-refractivity contribution in [2.45, 2.75) is 25.4 Å². The van der Waals surface area contributed by atoms with Crippen LogP contribution in [0.4, 0.5) is 5.69 Å². The van der Waals surface area contributed by atoms with Gasteiger partial charge in [0.25, 0.3) is 0 Å². The first kappa shape index (κ1) is 10.6. The molecule has 5 heteroatoms. The van der Waals surface area contributed by atoms with E-state index in [1.807, 2.05) is 18.6 Å². The number of rotatable bonds is 4. The van der Waals surface area contributed by atoms with E-state index in [2.05, 4.69) is 19.9 Å². The van der Waals surface area contributed by atoms with Crippen molar-refractivity contribution in [3.8, 4) is 0 Å². The molecule has 1 aliphatic rings. The van der Waals surface area contributed by atoms with Gasteiger partial charge >= 0.3 is 0 Å². The van der Waals surface area contributed by atoms with Crippen LogP contribution in [0.15, 0.2) is 30.9 Å². The van der Waals surface area contributed by atoms with Crippen LogP contribution in [0.5, 0.6) is 0 Å². The molecule has 1 aliphatic carbocycles. The second kappa shape index (κ2) is 4.37. The summed E-state index contributed by atoms with van der Waals surface area (Å²) in [6.45, 7) is 0.764. The fourth-order valence-corrected chi connectivity index (χ4v) is 1.94. The maximum atomic E-state index is 5.73. The predicted octanol–water partition coefficient (Wildman–Crippen LogP) is 2.88. The molecule has 0 aromatic carbocycles. The van der Waals surface area contributed by atoms with E-state index in [1.54, 1.807) is 12.3 Å². The Morgan fingerprint density at radius 2 is 2.24 bits per heavy atom. The summed E-state index contributed by atoms with van der Waals surface area (Å²) in [7, 11) is 0. The van der Waals surface area contributed by atoms with Gasteiger partial charge in [0.05, 0.1) is 30.5 Å². The number of hydrogen-bond acceptors (Lipinski definition) is 3. The SMILES string of the molecule is Clc1ccc(NCc2cncn2C2CC2)cn1. The standard InChI is InChI=1S/C12H13ClN4/c13-12-4-1-9(5-16-12)15-7-11-6-14-8-17(11)10-2-3-10/h1,4-6,8,10,15H,2-3,7H2. The number of nitrogens with zero attached hydrogens (tertiary/aromatic N) is 3. The largest absolute Gasteiger partial charge is 0.378 e. The van der Waals surface area contributed by atoms with E-state index in [-0.39, 0.29) is 0 Å². The Bertz CT molecular complexity index is 501. The lowest BCUT2D eigenvalue weighted by Crippen LogP contribution is -2.05. The zero-order valence-electron chi connectivity index (χ0n) is 9.31. The van der Waals surface area contributed by atoms with Gasteiger partial charge in [-0.2, -0.15) is 0 Å². The van der Waals surface area contributed by atoms with Crippen molar-refractivity contribution in [3.05, 3.63) is 41.7 Å². The molecule has 3 rings (SSSR count). The maximum absolute atomic E-state index is 5.73. The van der Waals surface area contributed by atoms with Gasteiger partial charge < -0.3 is 9.88 Å². The maximum Gasteiger partial charge on any atom is 0.129 e. The van der Waals surface area contributed by atoms with Crippen LogP contribution in [0.25, 0.3) is 0 Å². The van der Waals surface area contributed by atoms with Gasteiger partial charge in [0, 0.05) is 12.2 Å². The smallest absolute Gasteiger partial charge is 0.129 e. The summed E-state index contributed by atoms with van der Waals surface area (Å²) in [5, 5.41) is 3.83. The molecule has 0 saturated heterocycles. The average Bonchev–Trinajstić information content (AvgIpc) is 3.08. The number of imidazole rings is 1. The van der Waals surface area contributed by atoms with Gasteiger partial charge in [0.15, 0.2) is 0 Å². The molecule has 1 N–H and O–H groups in total. The van der Waals surface area contributed by atoms with Gasteiger partial charge in [-0.1, -0.05) is 11.6 Å². The third-order valence-corrected chi connectivity index (χ3v) is 3.11. The van der Waals surface area contributed by atoms with E-state index in [0.717, 1.165) is 12.2 Å². The van der Waals surface area contributed by atoms with Crippen LogP contribution in [0.2, 0.25) is 5.15 Å². The van der Waals surface area contributed by atoms with Crippen LogP contribution < -0.4 is 5.32 Å². The highest BCUT2D eigenvalue weighted by atomic mass is 35.5. The van der Waals surface area contributed by atoms with Crippen molar-refractivity contribution < 1.29 is 0 Å². The van der Waals surface area contributed by atoms with Crippen molar-refractivity contribution in [1.82, 2.24) is 14.5 Å². The third-order valence-electron chi connectivity index (χ3n) is 2.89. The molecule has 0 atom stereocenters. The van der Waals surface area contributed by atoms with Crippen molar-refractivity contribution in [2.75, 3.05) is 5.32 Å². The number of nitrogens with one attached hydrogen (secondary N) is 1. The molecule has 2 aromatic rings. The molecule has 1 saturated carbocycles. The van der Waals surface area contributed by atoms with E-state index >= 15 is 0 Å². The third kappa shape index (κ3) is 2.42. The number of hydrogen-bond donors (Lipinski definition) is 1. The zero-order valence-corrected chi connectivity index (χ0v) is 10.1. The molecular formula is C12H13ClN4. The highest BCUT2D eigenvalue weighted by molar-refractivity contribution is 6.29. The lowest BCUT2D eigenvalue weighted by atomic mass is 10.4. The number of aromatic nitrogens is 3. The second-order valence-electron chi connectivity index (χ2n) is 4.25. The summed E-state index contributed by atoms with van der Waals surface area (Å²) in [6.07, 6.45) is 8.10. The van der Waals surface area contributed by atoms with Gasteiger partial charge in [-0.05, 0) is 25.0 Å². The van der Waals surface area contributed by atoms with E-state index < -0.39 is 0 Å². The number of halogens is 1. The Balaban J connectivity index is 1.67. The summed E-state index contributed by atoms with van der Waals surface area (Å²) in [5.74, 6) is 0. The Labute approximate surface area is 105 Å². The van der Waals surface area contributed by atoms with Crippen molar-refractivity contribution in [1.29, 1.82) is 0 Å². The van der Waals surface area contributed by atoms with Crippen LogP contribution in [0.3, 0.4) is 0 Å². The fourth-order valence-electron chi connectivity index (χ4n) is 1.82. The minimum Gasteiger partial charge on any atom is -0.378 e. The molecule has 1 fully saturated rings.